The van der Waals surface area contributed by atoms with E-state index < -0.39 is 17.7 Å². The predicted molar refractivity (Wildman–Crippen MR) is 149 cm³/mol. The van der Waals surface area contributed by atoms with Crippen molar-refractivity contribution in [2.24, 2.45) is 0 Å². The van der Waals surface area contributed by atoms with Gasteiger partial charge >= 0.3 is 0 Å². The maximum atomic E-state index is 13.3. The van der Waals surface area contributed by atoms with E-state index in [-0.39, 0.29) is 11.3 Å². The third-order valence-electron chi connectivity index (χ3n) is 6.81. The number of aliphatic hydroxyl groups excluding tert-OH is 1. The SMILES string of the molecule is COc1cccc(/C(O)=C2\C(=O)C(=O)N(CCc3ccccc3)C2c2ccc(OCc3ccccc3)cc2)c1. The molecule has 1 amide bonds. The molecule has 6 heteroatoms. The minimum atomic E-state index is -0.747. The molecule has 0 radical (unpaired) electrons. The number of ketones is 1. The molecule has 0 bridgehead atoms. The van der Waals surface area contributed by atoms with E-state index in [0.717, 1.165) is 11.1 Å². The summed E-state index contributed by atoms with van der Waals surface area (Å²) < 4.78 is 11.2. The minimum absolute atomic E-state index is 0.0549. The monoisotopic (exact) mass is 519 g/mol. The van der Waals surface area contributed by atoms with Crippen molar-refractivity contribution < 1.29 is 24.2 Å². The molecule has 6 nitrogen and oxygen atoms in total. The smallest absolute Gasteiger partial charge is 0.295 e. The number of ether oxygens (including phenoxy) is 2. The van der Waals surface area contributed by atoms with Crippen LogP contribution in [0, 0.1) is 0 Å². The Balaban J connectivity index is 1.49. The van der Waals surface area contributed by atoms with Crippen LogP contribution in [0.25, 0.3) is 5.76 Å². The fourth-order valence-electron chi connectivity index (χ4n) is 4.76. The highest BCUT2D eigenvalue weighted by Gasteiger charge is 2.45. The molecular formula is C33H29NO5. The Morgan fingerprint density at radius 2 is 1.46 bits per heavy atom. The summed E-state index contributed by atoms with van der Waals surface area (Å²) in [4.78, 5) is 28.2. The van der Waals surface area contributed by atoms with Crippen molar-refractivity contribution in [3.05, 3.63) is 137 Å². The first kappa shape index (κ1) is 25.8. The number of amides is 1. The second-order valence-corrected chi connectivity index (χ2v) is 9.30. The zero-order valence-electron chi connectivity index (χ0n) is 21.6. The van der Waals surface area contributed by atoms with E-state index in [2.05, 4.69) is 0 Å². The van der Waals surface area contributed by atoms with Crippen LogP contribution in [0.2, 0.25) is 0 Å². The highest BCUT2D eigenvalue weighted by Crippen LogP contribution is 2.40. The molecular weight excluding hydrogens is 490 g/mol. The first-order chi connectivity index (χ1) is 19.0. The summed E-state index contributed by atoms with van der Waals surface area (Å²) in [6.45, 7) is 0.742. The Labute approximate surface area is 227 Å². The Kier molecular flexibility index (Phi) is 7.73. The van der Waals surface area contributed by atoms with E-state index in [1.807, 2.05) is 84.9 Å². The molecule has 1 heterocycles. The lowest BCUT2D eigenvalue weighted by Crippen LogP contribution is -2.31. The number of rotatable bonds is 9. The van der Waals surface area contributed by atoms with Crippen LogP contribution < -0.4 is 9.47 Å². The van der Waals surface area contributed by atoms with Crippen LogP contribution in [0.5, 0.6) is 11.5 Å². The second-order valence-electron chi connectivity index (χ2n) is 9.30. The summed E-state index contributed by atoms with van der Waals surface area (Å²) in [6.07, 6.45) is 0.571. The zero-order chi connectivity index (χ0) is 27.2. The minimum Gasteiger partial charge on any atom is -0.507 e. The maximum Gasteiger partial charge on any atom is 0.295 e. The van der Waals surface area contributed by atoms with Gasteiger partial charge in [0.1, 0.15) is 23.9 Å². The molecule has 1 N–H and O–H groups in total. The van der Waals surface area contributed by atoms with E-state index >= 15 is 0 Å². The molecule has 196 valence electrons. The van der Waals surface area contributed by atoms with E-state index in [0.29, 0.717) is 42.2 Å². The average Bonchev–Trinajstić information content (AvgIpc) is 3.25. The maximum absolute atomic E-state index is 13.3. The van der Waals surface area contributed by atoms with Gasteiger partial charge in [0, 0.05) is 12.1 Å². The lowest BCUT2D eigenvalue weighted by atomic mass is 9.95. The molecule has 4 aromatic rings. The van der Waals surface area contributed by atoms with Crippen LogP contribution in [0.3, 0.4) is 0 Å². The highest BCUT2D eigenvalue weighted by molar-refractivity contribution is 6.46. The number of Topliss-reactive ketones (excluding diaryl/α,β-unsaturated/α-hetero) is 1. The number of hydrogen-bond donors (Lipinski definition) is 1. The molecule has 1 fully saturated rings. The molecule has 0 saturated carbocycles. The van der Waals surface area contributed by atoms with Crippen molar-refractivity contribution in [1.29, 1.82) is 0 Å². The summed E-state index contributed by atoms with van der Waals surface area (Å²) in [5.41, 5.74) is 3.27. The first-order valence-electron chi connectivity index (χ1n) is 12.8. The topological polar surface area (TPSA) is 76.1 Å². The van der Waals surface area contributed by atoms with Crippen molar-refractivity contribution in [2.75, 3.05) is 13.7 Å². The number of carbonyl (C=O) groups excluding carboxylic acids is 2. The van der Waals surface area contributed by atoms with Crippen molar-refractivity contribution in [1.82, 2.24) is 4.90 Å². The Bertz CT molecular complexity index is 1480. The summed E-state index contributed by atoms with van der Waals surface area (Å²) in [6, 6.07) is 33.0. The summed E-state index contributed by atoms with van der Waals surface area (Å²) in [5.74, 6) is -0.378. The second kappa shape index (κ2) is 11.7. The number of nitrogens with zero attached hydrogens (tertiary/aromatic N) is 1. The molecule has 1 atom stereocenters. The average molecular weight is 520 g/mol. The zero-order valence-corrected chi connectivity index (χ0v) is 21.6. The van der Waals surface area contributed by atoms with Crippen molar-refractivity contribution in [2.45, 2.75) is 19.1 Å². The van der Waals surface area contributed by atoms with Gasteiger partial charge in [-0.3, -0.25) is 9.59 Å². The van der Waals surface area contributed by atoms with E-state index in [1.165, 1.54) is 7.11 Å². The summed E-state index contributed by atoms with van der Waals surface area (Å²) >= 11 is 0. The number of aliphatic hydroxyl groups is 1. The van der Waals surface area contributed by atoms with Gasteiger partial charge < -0.3 is 19.5 Å². The van der Waals surface area contributed by atoms with Crippen LogP contribution in [0.15, 0.2) is 115 Å². The molecule has 4 aromatic carbocycles. The van der Waals surface area contributed by atoms with Crippen LogP contribution in [-0.4, -0.2) is 35.4 Å². The van der Waals surface area contributed by atoms with Crippen LogP contribution in [-0.2, 0) is 22.6 Å². The van der Waals surface area contributed by atoms with Gasteiger partial charge in [-0.25, -0.2) is 0 Å². The Hall–Kier alpha value is -4.84. The molecule has 1 saturated heterocycles. The molecule has 0 spiro atoms. The van der Waals surface area contributed by atoms with E-state index in [1.54, 1.807) is 29.2 Å². The largest absolute Gasteiger partial charge is 0.507 e. The fourth-order valence-corrected chi connectivity index (χ4v) is 4.76. The van der Waals surface area contributed by atoms with Gasteiger partial charge in [0.2, 0.25) is 0 Å². The summed E-state index contributed by atoms with van der Waals surface area (Å²) in [5, 5.41) is 11.3. The van der Waals surface area contributed by atoms with Gasteiger partial charge in [-0.15, -0.1) is 0 Å². The van der Waals surface area contributed by atoms with Crippen LogP contribution in [0.4, 0.5) is 0 Å². The standard InChI is InChI=1S/C33H29NO5/c1-38-28-14-8-13-26(21-28)31(35)29-30(34(33(37)32(29)36)20-19-23-9-4-2-5-10-23)25-15-17-27(18-16-25)39-22-24-11-6-3-7-12-24/h2-18,21,30,35H,19-20,22H2,1H3/b31-29+. The predicted octanol–water partition coefficient (Wildman–Crippen LogP) is 5.94. The number of hydrogen-bond acceptors (Lipinski definition) is 5. The molecule has 1 aliphatic heterocycles. The number of carbonyl (C=O) groups is 2. The lowest BCUT2D eigenvalue weighted by Gasteiger charge is -2.25. The third kappa shape index (κ3) is 5.70. The number of likely N-dealkylation sites (tertiary alicyclic amines) is 1. The number of benzene rings is 4. The number of methoxy groups -OCH3 is 1. The van der Waals surface area contributed by atoms with Crippen molar-refractivity contribution >= 4 is 17.4 Å². The van der Waals surface area contributed by atoms with E-state index in [4.69, 9.17) is 9.47 Å². The van der Waals surface area contributed by atoms with Gasteiger partial charge in [-0.05, 0) is 47.4 Å². The molecule has 1 unspecified atom stereocenters. The van der Waals surface area contributed by atoms with Crippen molar-refractivity contribution in [3.63, 3.8) is 0 Å². The summed E-state index contributed by atoms with van der Waals surface area (Å²) in [7, 11) is 1.53. The Morgan fingerprint density at radius 1 is 0.795 bits per heavy atom. The van der Waals surface area contributed by atoms with Gasteiger partial charge in [-0.1, -0.05) is 84.9 Å². The molecule has 5 rings (SSSR count). The van der Waals surface area contributed by atoms with Gasteiger partial charge in [-0.2, -0.15) is 0 Å². The van der Waals surface area contributed by atoms with E-state index in [9.17, 15) is 14.7 Å². The van der Waals surface area contributed by atoms with Gasteiger partial charge in [0.15, 0.2) is 0 Å². The normalized spacial score (nSPS) is 16.3. The molecule has 39 heavy (non-hydrogen) atoms. The van der Waals surface area contributed by atoms with Gasteiger partial charge in [0.25, 0.3) is 11.7 Å². The lowest BCUT2D eigenvalue weighted by molar-refractivity contribution is -0.139. The van der Waals surface area contributed by atoms with Crippen LogP contribution in [0.1, 0.15) is 28.3 Å². The quantitative estimate of drug-likeness (QED) is 0.168. The first-order valence-corrected chi connectivity index (χ1v) is 12.8. The molecule has 0 aliphatic carbocycles. The highest BCUT2D eigenvalue weighted by atomic mass is 16.5. The Morgan fingerprint density at radius 3 is 2.13 bits per heavy atom. The fraction of sp³-hybridized carbons (Fsp3) is 0.152. The van der Waals surface area contributed by atoms with Gasteiger partial charge in [0.05, 0.1) is 18.7 Å². The molecule has 0 aromatic heterocycles. The van der Waals surface area contributed by atoms with Crippen LogP contribution >= 0.6 is 0 Å². The van der Waals surface area contributed by atoms with Crippen molar-refractivity contribution in [3.8, 4) is 11.5 Å². The third-order valence-corrected chi connectivity index (χ3v) is 6.81. The molecule has 1 aliphatic rings.